The second-order valence-corrected chi connectivity index (χ2v) is 5.43. The number of rotatable bonds is 3. The maximum absolute atomic E-state index is 13.5. The van der Waals surface area contributed by atoms with Crippen LogP contribution in [0.15, 0.2) is 29.8 Å². The summed E-state index contributed by atoms with van der Waals surface area (Å²) in [6.45, 7) is 3.63. The molecule has 1 aliphatic rings. The Morgan fingerprint density at radius 2 is 2.00 bits per heavy atom. The summed E-state index contributed by atoms with van der Waals surface area (Å²) in [6, 6.07) is 3.45. The molecule has 6 nitrogen and oxygen atoms in total. The van der Waals surface area contributed by atoms with E-state index in [2.05, 4.69) is 5.32 Å². The molecule has 1 heterocycles. The molecule has 8 heteroatoms. The summed E-state index contributed by atoms with van der Waals surface area (Å²) in [5, 5.41) is 2.36. The molecule has 1 N–H and O–H groups in total. The predicted molar refractivity (Wildman–Crippen MR) is 77.5 cm³/mol. The third-order valence-electron chi connectivity index (χ3n) is 3.13. The third-order valence-corrected chi connectivity index (χ3v) is 3.46. The Kier molecular flexibility index (Phi) is 4.42. The van der Waals surface area contributed by atoms with Crippen LogP contribution in [0.3, 0.4) is 0 Å². The van der Waals surface area contributed by atoms with E-state index >= 15 is 0 Å². The van der Waals surface area contributed by atoms with Crippen molar-refractivity contribution in [1.29, 1.82) is 0 Å². The van der Waals surface area contributed by atoms with E-state index in [4.69, 9.17) is 21.1 Å². The van der Waals surface area contributed by atoms with Gasteiger partial charge >= 0.3 is 5.97 Å². The van der Waals surface area contributed by atoms with Crippen molar-refractivity contribution in [3.8, 4) is 0 Å². The van der Waals surface area contributed by atoms with E-state index in [9.17, 15) is 18.8 Å². The summed E-state index contributed by atoms with van der Waals surface area (Å²) >= 11 is 6.03. The van der Waals surface area contributed by atoms with E-state index in [0.717, 1.165) is 19.1 Å². The van der Waals surface area contributed by atoms with Crippen molar-refractivity contribution in [2.24, 2.45) is 0 Å². The van der Waals surface area contributed by atoms with Crippen LogP contribution < -0.4 is 5.32 Å². The molecule has 1 atom stereocenters. The number of benzene rings is 1. The van der Waals surface area contributed by atoms with E-state index in [0.29, 0.717) is 0 Å². The number of esters is 1. The minimum Gasteiger partial charge on any atom is -0.456 e. The molecule has 0 saturated heterocycles. The van der Waals surface area contributed by atoms with Gasteiger partial charge in [-0.05, 0) is 25.1 Å². The fourth-order valence-corrected chi connectivity index (χ4v) is 2.43. The van der Waals surface area contributed by atoms with Crippen LogP contribution in [0.1, 0.15) is 26.3 Å². The number of Topliss-reactive ketones (excluding diaryl/α,β-unsaturated/α-hetero) is 1. The molecule has 0 radical (unpaired) electrons. The zero-order valence-corrected chi connectivity index (χ0v) is 13.3. The average Bonchev–Trinajstić information content (AvgIpc) is 2.66. The lowest BCUT2D eigenvalue weighted by Gasteiger charge is -2.24. The molecule has 0 spiro atoms. The molecule has 122 valence electrons. The fraction of sp³-hybridized carbons (Fsp3) is 0.267. The number of halogens is 2. The van der Waals surface area contributed by atoms with Gasteiger partial charge in [0, 0.05) is 24.4 Å². The summed E-state index contributed by atoms with van der Waals surface area (Å²) < 4.78 is 23.8. The van der Waals surface area contributed by atoms with E-state index in [-0.39, 0.29) is 16.5 Å². The van der Waals surface area contributed by atoms with E-state index in [1.54, 1.807) is 0 Å². The quantitative estimate of drug-likeness (QED) is 0.852. The SMILES string of the molecule is CC(=O)NC1=C(OC(C)=O)C(=O)C(C)(c2cc(F)ccc2Cl)O1. The molecular weight excluding hydrogens is 329 g/mol. The summed E-state index contributed by atoms with van der Waals surface area (Å²) in [6.07, 6.45) is 0. The summed E-state index contributed by atoms with van der Waals surface area (Å²) in [4.78, 5) is 35.1. The fourth-order valence-electron chi connectivity index (χ4n) is 2.14. The van der Waals surface area contributed by atoms with Crippen molar-refractivity contribution in [3.05, 3.63) is 46.2 Å². The molecule has 1 aliphatic heterocycles. The van der Waals surface area contributed by atoms with Crippen molar-refractivity contribution in [1.82, 2.24) is 5.32 Å². The number of carbonyl (C=O) groups is 3. The highest BCUT2D eigenvalue weighted by Crippen LogP contribution is 2.41. The van der Waals surface area contributed by atoms with Gasteiger partial charge < -0.3 is 9.47 Å². The average molecular weight is 342 g/mol. The number of ketones is 1. The maximum Gasteiger partial charge on any atom is 0.308 e. The summed E-state index contributed by atoms with van der Waals surface area (Å²) in [5.41, 5.74) is -1.68. The van der Waals surface area contributed by atoms with Crippen molar-refractivity contribution in [2.75, 3.05) is 0 Å². The minimum atomic E-state index is -1.73. The first-order valence-corrected chi connectivity index (χ1v) is 6.92. The van der Waals surface area contributed by atoms with Gasteiger partial charge in [0.15, 0.2) is 0 Å². The molecule has 0 fully saturated rings. The molecule has 23 heavy (non-hydrogen) atoms. The van der Waals surface area contributed by atoms with Gasteiger partial charge in [-0.2, -0.15) is 0 Å². The Morgan fingerprint density at radius 3 is 2.57 bits per heavy atom. The predicted octanol–water partition coefficient (Wildman–Crippen LogP) is 2.16. The summed E-state index contributed by atoms with van der Waals surface area (Å²) in [5.74, 6) is -3.47. The van der Waals surface area contributed by atoms with Gasteiger partial charge in [-0.15, -0.1) is 0 Å². The molecule has 1 amide bonds. The van der Waals surface area contributed by atoms with Gasteiger partial charge in [0.25, 0.3) is 5.78 Å². The van der Waals surface area contributed by atoms with Crippen LogP contribution in [0.25, 0.3) is 0 Å². The first-order chi connectivity index (χ1) is 10.6. The van der Waals surface area contributed by atoms with Crippen LogP contribution in [0.2, 0.25) is 5.02 Å². The maximum atomic E-state index is 13.5. The molecule has 1 aromatic rings. The second kappa shape index (κ2) is 6.00. The Bertz CT molecular complexity index is 745. The highest BCUT2D eigenvalue weighted by molar-refractivity contribution is 6.32. The lowest BCUT2D eigenvalue weighted by atomic mass is 9.91. The number of hydrogen-bond donors (Lipinski definition) is 1. The molecule has 1 unspecified atom stereocenters. The first kappa shape index (κ1) is 17.0. The number of amides is 1. The number of ether oxygens (including phenoxy) is 2. The van der Waals surface area contributed by atoms with Crippen LogP contribution in [0.5, 0.6) is 0 Å². The Morgan fingerprint density at radius 1 is 1.35 bits per heavy atom. The van der Waals surface area contributed by atoms with Gasteiger partial charge in [0.05, 0.1) is 0 Å². The summed E-state index contributed by atoms with van der Waals surface area (Å²) in [7, 11) is 0. The van der Waals surface area contributed by atoms with Gasteiger partial charge in [-0.1, -0.05) is 11.6 Å². The van der Waals surface area contributed by atoms with Crippen LogP contribution in [-0.2, 0) is 29.5 Å². The Balaban J connectivity index is 2.51. The highest BCUT2D eigenvalue weighted by atomic mass is 35.5. The topological polar surface area (TPSA) is 81.7 Å². The normalized spacial score (nSPS) is 20.3. The Hall–Kier alpha value is -2.41. The van der Waals surface area contributed by atoms with Gasteiger partial charge in [0.1, 0.15) is 5.82 Å². The van der Waals surface area contributed by atoms with E-state index in [1.807, 2.05) is 0 Å². The van der Waals surface area contributed by atoms with Crippen molar-refractivity contribution in [3.63, 3.8) is 0 Å². The Labute approximate surface area is 136 Å². The van der Waals surface area contributed by atoms with Crippen LogP contribution >= 0.6 is 11.6 Å². The third kappa shape index (κ3) is 3.19. The van der Waals surface area contributed by atoms with Crippen LogP contribution in [0, 0.1) is 5.82 Å². The number of carbonyl (C=O) groups excluding carboxylic acids is 3. The molecule has 0 aliphatic carbocycles. The van der Waals surface area contributed by atoms with Gasteiger partial charge in [0.2, 0.25) is 23.2 Å². The molecule has 2 rings (SSSR count). The number of hydrogen-bond acceptors (Lipinski definition) is 5. The zero-order chi connectivity index (χ0) is 17.4. The van der Waals surface area contributed by atoms with Crippen LogP contribution in [-0.4, -0.2) is 17.7 Å². The smallest absolute Gasteiger partial charge is 0.308 e. The van der Waals surface area contributed by atoms with Crippen molar-refractivity contribution < 1.29 is 28.2 Å². The van der Waals surface area contributed by atoms with E-state index in [1.165, 1.54) is 19.9 Å². The zero-order valence-electron chi connectivity index (χ0n) is 12.5. The van der Waals surface area contributed by atoms with Gasteiger partial charge in [-0.25, -0.2) is 4.39 Å². The van der Waals surface area contributed by atoms with Gasteiger partial charge in [-0.3, -0.25) is 19.7 Å². The molecule has 0 saturated carbocycles. The number of nitrogens with one attached hydrogen (secondary N) is 1. The van der Waals surface area contributed by atoms with E-state index < -0.39 is 34.8 Å². The first-order valence-electron chi connectivity index (χ1n) is 6.54. The molecule has 0 bridgehead atoms. The lowest BCUT2D eigenvalue weighted by Crippen LogP contribution is -2.33. The largest absolute Gasteiger partial charge is 0.456 e. The monoisotopic (exact) mass is 341 g/mol. The molecule has 0 aromatic heterocycles. The minimum absolute atomic E-state index is 0.0502. The van der Waals surface area contributed by atoms with Crippen molar-refractivity contribution >= 4 is 29.3 Å². The highest BCUT2D eigenvalue weighted by Gasteiger charge is 2.50. The molecule has 1 aromatic carbocycles. The standard InChI is InChI=1S/C15H13ClFNO5/c1-7(19)18-14-12(22-8(2)20)13(21)15(3,23-14)10-6-9(17)4-5-11(10)16/h4-6H,1-3H3,(H,18,19). The van der Waals surface area contributed by atoms with Crippen molar-refractivity contribution in [2.45, 2.75) is 26.4 Å². The lowest BCUT2D eigenvalue weighted by molar-refractivity contribution is -0.142. The second-order valence-electron chi connectivity index (χ2n) is 5.02. The molecular formula is C15H13ClFNO5. The van der Waals surface area contributed by atoms with Crippen LogP contribution in [0.4, 0.5) is 4.39 Å².